The first-order chi connectivity index (χ1) is 31.4. The first-order valence-corrected chi connectivity index (χ1v) is 26.3. The van der Waals surface area contributed by atoms with Gasteiger partial charge in [0.2, 0.25) is 31.9 Å². The van der Waals surface area contributed by atoms with Gasteiger partial charge >= 0.3 is 0 Å². The van der Waals surface area contributed by atoms with E-state index in [1.165, 1.54) is 19.1 Å². The van der Waals surface area contributed by atoms with Gasteiger partial charge in [-0.05, 0) is 107 Å². The molecule has 3 aromatic rings. The van der Waals surface area contributed by atoms with Crippen LogP contribution in [0, 0.1) is 24.7 Å². The predicted octanol–water partition coefficient (Wildman–Crippen LogP) is 4.12. The van der Waals surface area contributed by atoms with Crippen molar-refractivity contribution in [1.82, 2.24) is 19.2 Å². The zero-order chi connectivity index (χ0) is 48.7. The monoisotopic (exact) mass is 954 g/mol. The van der Waals surface area contributed by atoms with E-state index in [0.717, 1.165) is 38.1 Å². The molecule has 0 radical (unpaired) electrons. The van der Waals surface area contributed by atoms with Crippen molar-refractivity contribution in [2.75, 3.05) is 51.6 Å². The van der Waals surface area contributed by atoms with E-state index >= 15 is 0 Å². The number of carbonyl (C=O) groups excluding carboxylic acids is 4. The van der Waals surface area contributed by atoms with E-state index in [1.54, 1.807) is 24.3 Å². The normalized spacial score (nSPS) is 13.9. The van der Waals surface area contributed by atoms with Gasteiger partial charge in [-0.25, -0.2) is 16.8 Å². The molecule has 8 N–H and O–H groups in total. The van der Waals surface area contributed by atoms with E-state index in [1.807, 2.05) is 69.3 Å². The van der Waals surface area contributed by atoms with E-state index in [4.69, 9.17) is 17.2 Å². The summed E-state index contributed by atoms with van der Waals surface area (Å²) in [7, 11) is -8.31. The SMILES string of the molecule is CC(=O)CN(CC(CC(=O)C(Cc1ccccc1)NC(=O)CN(CC(CCCCN)NC(=O)C(CCCCN)CC(C)C)S(=O)(=O)c1ccc(C)cc1)Cc1ccccc1)S(=O)(=O)CCN. The van der Waals surface area contributed by atoms with Gasteiger partial charge in [-0.2, -0.15) is 8.61 Å². The number of sulfonamides is 2. The minimum absolute atomic E-state index is 0.0345. The largest absolute Gasteiger partial charge is 0.352 e. The molecular formula is C49H75N7O8S2. The van der Waals surface area contributed by atoms with Gasteiger partial charge in [0.15, 0.2) is 5.78 Å². The molecule has 0 heterocycles. The lowest BCUT2D eigenvalue weighted by Gasteiger charge is -2.30. The lowest BCUT2D eigenvalue weighted by molar-refractivity contribution is -0.128. The van der Waals surface area contributed by atoms with Crippen LogP contribution in [0.4, 0.5) is 0 Å². The number of unbranched alkanes of at least 4 members (excludes halogenated alkanes) is 2. The van der Waals surface area contributed by atoms with Crippen molar-refractivity contribution in [2.24, 2.45) is 35.0 Å². The van der Waals surface area contributed by atoms with E-state index < -0.39 is 62.8 Å². The summed E-state index contributed by atoms with van der Waals surface area (Å²) in [5.74, 6) is -2.79. The second-order valence-corrected chi connectivity index (χ2v) is 21.9. The van der Waals surface area contributed by atoms with Crippen LogP contribution in [-0.2, 0) is 52.1 Å². The molecule has 0 saturated heterocycles. The van der Waals surface area contributed by atoms with Crippen molar-refractivity contribution < 1.29 is 36.0 Å². The van der Waals surface area contributed by atoms with Crippen LogP contribution in [0.5, 0.6) is 0 Å². The Morgan fingerprint density at radius 3 is 1.79 bits per heavy atom. The number of rotatable bonds is 33. The molecule has 0 bridgehead atoms. The second-order valence-electron chi connectivity index (χ2n) is 17.8. The fourth-order valence-electron chi connectivity index (χ4n) is 8.04. The molecule has 0 aliphatic heterocycles. The van der Waals surface area contributed by atoms with E-state index in [2.05, 4.69) is 10.6 Å². The fourth-order valence-corrected chi connectivity index (χ4v) is 10.9. The molecule has 0 saturated carbocycles. The van der Waals surface area contributed by atoms with Gasteiger partial charge in [-0.3, -0.25) is 19.2 Å². The number of nitrogens with zero attached hydrogens (tertiary/aromatic N) is 2. The first kappa shape index (κ1) is 56.0. The van der Waals surface area contributed by atoms with Crippen LogP contribution in [0.3, 0.4) is 0 Å². The molecule has 3 aromatic carbocycles. The third kappa shape index (κ3) is 19.9. The molecule has 4 atom stereocenters. The van der Waals surface area contributed by atoms with Crippen molar-refractivity contribution in [1.29, 1.82) is 0 Å². The lowest BCUT2D eigenvalue weighted by atomic mass is 9.90. The van der Waals surface area contributed by atoms with Crippen molar-refractivity contribution in [3.63, 3.8) is 0 Å². The van der Waals surface area contributed by atoms with Crippen LogP contribution in [-0.4, -0.2) is 112 Å². The number of nitrogens with two attached hydrogens (primary N) is 3. The Kier molecular flexibility index (Phi) is 24.4. The summed E-state index contributed by atoms with van der Waals surface area (Å²) in [6, 6.07) is 22.8. The molecule has 15 nitrogen and oxygen atoms in total. The summed E-state index contributed by atoms with van der Waals surface area (Å²) in [5, 5.41) is 6.00. The summed E-state index contributed by atoms with van der Waals surface area (Å²) >= 11 is 0. The summed E-state index contributed by atoms with van der Waals surface area (Å²) in [4.78, 5) is 55.3. The maximum atomic E-state index is 14.6. The highest BCUT2D eigenvalue weighted by molar-refractivity contribution is 7.89. The van der Waals surface area contributed by atoms with Gasteiger partial charge in [0.05, 0.1) is 29.8 Å². The zero-order valence-electron chi connectivity index (χ0n) is 39.4. The lowest BCUT2D eigenvalue weighted by Crippen LogP contribution is -2.52. The Bertz CT molecular complexity index is 2160. The van der Waals surface area contributed by atoms with Crippen molar-refractivity contribution in [2.45, 2.75) is 109 Å². The van der Waals surface area contributed by atoms with Crippen LogP contribution in [0.15, 0.2) is 89.8 Å². The summed E-state index contributed by atoms with van der Waals surface area (Å²) in [6.07, 6.45) is 4.64. The number of ketones is 2. The number of hydrogen-bond donors (Lipinski definition) is 5. The minimum Gasteiger partial charge on any atom is -0.352 e. The minimum atomic E-state index is -4.34. The molecule has 4 unspecified atom stereocenters. The second kappa shape index (κ2) is 28.7. The number of benzene rings is 3. The van der Waals surface area contributed by atoms with E-state index in [-0.39, 0.29) is 73.1 Å². The number of amides is 2. The van der Waals surface area contributed by atoms with Gasteiger partial charge in [-0.15, -0.1) is 0 Å². The quantitative estimate of drug-likeness (QED) is 0.0544. The van der Waals surface area contributed by atoms with Gasteiger partial charge in [0.1, 0.15) is 5.78 Å². The number of carbonyl (C=O) groups is 4. The molecule has 0 fully saturated rings. The topological polar surface area (TPSA) is 245 Å². The smallest absolute Gasteiger partial charge is 0.243 e. The Labute approximate surface area is 394 Å². The number of aryl methyl sites for hydroxylation is 1. The molecule has 0 aliphatic carbocycles. The highest BCUT2D eigenvalue weighted by Crippen LogP contribution is 2.23. The van der Waals surface area contributed by atoms with Crippen LogP contribution >= 0.6 is 0 Å². The van der Waals surface area contributed by atoms with E-state index in [0.29, 0.717) is 45.2 Å². The summed E-state index contributed by atoms with van der Waals surface area (Å²) < 4.78 is 58.0. The predicted molar refractivity (Wildman–Crippen MR) is 261 cm³/mol. The fraction of sp³-hybridized carbons (Fsp3) is 0.551. The molecular weight excluding hydrogens is 879 g/mol. The highest BCUT2D eigenvalue weighted by Gasteiger charge is 2.34. The maximum absolute atomic E-state index is 14.6. The van der Waals surface area contributed by atoms with Gasteiger partial charge < -0.3 is 27.8 Å². The average Bonchev–Trinajstić information content (AvgIpc) is 3.26. The van der Waals surface area contributed by atoms with Crippen LogP contribution in [0.2, 0.25) is 0 Å². The van der Waals surface area contributed by atoms with Gasteiger partial charge in [0, 0.05) is 38.0 Å². The van der Waals surface area contributed by atoms with Crippen LogP contribution in [0.25, 0.3) is 0 Å². The molecule has 0 spiro atoms. The van der Waals surface area contributed by atoms with Gasteiger partial charge in [0.25, 0.3) is 0 Å². The molecule has 366 valence electrons. The summed E-state index contributed by atoms with van der Waals surface area (Å²) in [6.45, 7) is 6.55. The zero-order valence-corrected chi connectivity index (χ0v) is 41.0. The van der Waals surface area contributed by atoms with Gasteiger partial charge in [-0.1, -0.05) is 105 Å². The average molecular weight is 954 g/mol. The summed E-state index contributed by atoms with van der Waals surface area (Å²) in [5.41, 5.74) is 19.7. The van der Waals surface area contributed by atoms with Crippen LogP contribution < -0.4 is 27.8 Å². The molecule has 66 heavy (non-hydrogen) atoms. The Hall–Kier alpha value is -4.36. The molecule has 0 aromatic heterocycles. The number of Topliss-reactive ketones (excluding diaryl/α,β-unsaturated/α-hetero) is 2. The number of nitrogens with one attached hydrogen (secondary N) is 2. The standard InChI is InChI=1S/C49H75N7O8S2/c1-37(2)29-43(19-11-13-25-50)49(60)53-44(20-12-14-26-51)35-56(66(63,64)45-23-21-38(3)22-24-45)36-48(59)54-46(31-41-17-9-6-10-18-41)47(58)32-42(30-40-15-7-5-8-16-40)34-55(33-39(4)57)65(61,62)28-27-52/h5-10,15-18,21-24,37,42-44,46H,11-14,19-20,25-36,50-52H2,1-4H3,(H,53,60)(H,54,59). The van der Waals surface area contributed by atoms with Crippen molar-refractivity contribution in [3.8, 4) is 0 Å². The highest BCUT2D eigenvalue weighted by atomic mass is 32.2. The third-order valence-corrected chi connectivity index (χ3v) is 15.0. The van der Waals surface area contributed by atoms with E-state index in [9.17, 15) is 36.0 Å². The third-order valence-electron chi connectivity index (χ3n) is 11.4. The first-order valence-electron chi connectivity index (χ1n) is 23.2. The molecule has 17 heteroatoms. The maximum Gasteiger partial charge on any atom is 0.243 e. The molecule has 0 aliphatic rings. The Morgan fingerprint density at radius 2 is 1.24 bits per heavy atom. The molecule has 3 rings (SSSR count). The van der Waals surface area contributed by atoms with Crippen LogP contribution in [0.1, 0.15) is 88.8 Å². The Morgan fingerprint density at radius 1 is 0.667 bits per heavy atom. The Balaban J connectivity index is 2.04. The van der Waals surface area contributed by atoms with Crippen molar-refractivity contribution in [3.05, 3.63) is 102 Å². The van der Waals surface area contributed by atoms with Crippen molar-refractivity contribution >= 4 is 43.4 Å². The number of hydrogen-bond acceptors (Lipinski definition) is 11. The molecule has 2 amide bonds.